The molecule has 86 valence electrons. The van der Waals surface area contributed by atoms with Crippen molar-refractivity contribution in [1.29, 1.82) is 0 Å². The van der Waals surface area contributed by atoms with Gasteiger partial charge in [0, 0.05) is 4.92 Å². The van der Waals surface area contributed by atoms with Crippen LogP contribution in [-0.4, -0.2) is 16.6 Å². The summed E-state index contributed by atoms with van der Waals surface area (Å²) in [5.41, 5.74) is -1.17. The van der Waals surface area contributed by atoms with Crippen molar-refractivity contribution in [3.8, 4) is 0 Å². The number of nitrogens with zero attached hydrogens (tertiary/aromatic N) is 2. The van der Waals surface area contributed by atoms with Gasteiger partial charge in [0.1, 0.15) is 0 Å². The predicted octanol–water partition coefficient (Wildman–Crippen LogP) is 1.39. The largest absolute Gasteiger partial charge is 0.296 e. The maximum atomic E-state index is 10.5. The third-order valence-corrected chi connectivity index (χ3v) is 2.09. The van der Waals surface area contributed by atoms with E-state index in [0.717, 1.165) is 0 Å². The molecule has 1 atom stereocenters. The molecule has 1 aromatic rings. The first-order valence-corrected chi connectivity index (χ1v) is 4.45. The van der Waals surface area contributed by atoms with E-state index in [1.807, 2.05) is 0 Å². The van der Waals surface area contributed by atoms with Crippen molar-refractivity contribution >= 4 is 0 Å². The van der Waals surface area contributed by atoms with E-state index in [2.05, 4.69) is 4.84 Å². The summed E-state index contributed by atoms with van der Waals surface area (Å²) in [7, 11) is 0. The molecular weight excluding hydrogens is 216 g/mol. The Morgan fingerprint density at radius 3 is 2.25 bits per heavy atom. The summed E-state index contributed by atoms with van der Waals surface area (Å²) in [6, 6.07) is 8.08. The minimum Gasteiger partial charge on any atom is -0.296 e. The summed E-state index contributed by atoms with van der Waals surface area (Å²) in [4.78, 5) is 24.6. The van der Waals surface area contributed by atoms with E-state index >= 15 is 0 Å². The van der Waals surface area contributed by atoms with Crippen LogP contribution in [0.4, 0.5) is 0 Å². The summed E-state index contributed by atoms with van der Waals surface area (Å²) >= 11 is 0. The SMILES string of the molecule is CC(C[N+](=O)[O-])(O[N+](=O)[O-])c1ccccc1. The van der Waals surface area contributed by atoms with Crippen LogP contribution in [0, 0.1) is 20.2 Å². The Morgan fingerprint density at radius 1 is 1.25 bits per heavy atom. The Labute approximate surface area is 90.9 Å². The van der Waals surface area contributed by atoms with Gasteiger partial charge >= 0.3 is 0 Å². The highest BCUT2D eigenvalue weighted by atomic mass is 17.0. The van der Waals surface area contributed by atoms with Gasteiger partial charge in [-0.3, -0.25) is 15.0 Å². The van der Waals surface area contributed by atoms with Crippen LogP contribution >= 0.6 is 0 Å². The van der Waals surface area contributed by atoms with Gasteiger partial charge in [0.05, 0.1) is 0 Å². The zero-order valence-corrected chi connectivity index (χ0v) is 8.53. The van der Waals surface area contributed by atoms with Gasteiger partial charge in [0.2, 0.25) is 12.1 Å². The fourth-order valence-corrected chi connectivity index (χ4v) is 1.37. The second kappa shape index (κ2) is 4.56. The minimum atomic E-state index is -1.56. The van der Waals surface area contributed by atoms with E-state index in [0.29, 0.717) is 5.56 Å². The first-order valence-electron chi connectivity index (χ1n) is 4.45. The molecule has 1 unspecified atom stereocenters. The summed E-state index contributed by atoms with van der Waals surface area (Å²) in [6.45, 7) is 0.645. The van der Waals surface area contributed by atoms with Gasteiger partial charge < -0.3 is 0 Å². The van der Waals surface area contributed by atoms with Crippen molar-refractivity contribution < 1.29 is 14.8 Å². The van der Waals surface area contributed by atoms with Gasteiger partial charge in [0.15, 0.2) is 0 Å². The highest BCUT2D eigenvalue weighted by molar-refractivity contribution is 5.21. The van der Waals surface area contributed by atoms with Crippen LogP contribution < -0.4 is 0 Å². The highest BCUT2D eigenvalue weighted by Crippen LogP contribution is 2.25. The van der Waals surface area contributed by atoms with Crippen molar-refractivity contribution in [1.82, 2.24) is 0 Å². The first kappa shape index (κ1) is 11.9. The Morgan fingerprint density at radius 2 is 1.81 bits per heavy atom. The van der Waals surface area contributed by atoms with Crippen LogP contribution in [-0.2, 0) is 10.4 Å². The number of rotatable bonds is 5. The number of nitro groups is 1. The molecule has 0 aliphatic rings. The molecule has 0 aliphatic heterocycles. The van der Waals surface area contributed by atoms with Gasteiger partial charge in [0.25, 0.3) is 5.09 Å². The molecule has 1 rings (SSSR count). The van der Waals surface area contributed by atoms with Crippen molar-refractivity contribution in [2.45, 2.75) is 12.5 Å². The number of benzene rings is 1. The van der Waals surface area contributed by atoms with Crippen LogP contribution in [0.15, 0.2) is 30.3 Å². The zero-order valence-electron chi connectivity index (χ0n) is 8.53. The van der Waals surface area contributed by atoms with Gasteiger partial charge in [-0.15, -0.1) is 10.1 Å². The van der Waals surface area contributed by atoms with Crippen molar-refractivity contribution in [2.24, 2.45) is 0 Å². The van der Waals surface area contributed by atoms with Gasteiger partial charge in [-0.2, -0.15) is 0 Å². The van der Waals surface area contributed by atoms with E-state index in [1.165, 1.54) is 6.92 Å². The smallest absolute Gasteiger partial charge is 0.295 e. The Balaban J connectivity index is 3.04. The number of hydrogen-bond acceptors (Lipinski definition) is 5. The van der Waals surface area contributed by atoms with Crippen molar-refractivity contribution in [2.75, 3.05) is 6.54 Å². The minimum absolute atomic E-state index is 0.392. The average Bonchev–Trinajstić information content (AvgIpc) is 2.16. The zero-order chi connectivity index (χ0) is 12.2. The third kappa shape index (κ3) is 2.91. The standard InChI is InChI=1S/C9H10N2O5/c1-9(7-10(12)13,16-11(14)15)8-5-3-2-4-6-8/h2-6H,7H2,1H3. The normalized spacial score (nSPS) is 13.8. The molecule has 0 amide bonds. The topological polar surface area (TPSA) is 95.5 Å². The predicted molar refractivity (Wildman–Crippen MR) is 53.7 cm³/mol. The summed E-state index contributed by atoms with van der Waals surface area (Å²) in [5, 5.41) is 19.8. The van der Waals surface area contributed by atoms with E-state index in [4.69, 9.17) is 0 Å². The molecular formula is C9H10N2O5. The Hall–Kier alpha value is -2.18. The number of hydrogen-bond donors (Lipinski definition) is 0. The molecule has 1 aromatic carbocycles. The van der Waals surface area contributed by atoms with Gasteiger partial charge in [-0.25, -0.2) is 0 Å². The Kier molecular flexibility index (Phi) is 3.39. The van der Waals surface area contributed by atoms with Gasteiger partial charge in [-0.05, 0) is 12.5 Å². The quantitative estimate of drug-likeness (QED) is 0.558. The third-order valence-electron chi connectivity index (χ3n) is 2.09. The lowest BCUT2D eigenvalue weighted by Crippen LogP contribution is -2.36. The summed E-state index contributed by atoms with van der Waals surface area (Å²) < 4.78 is 0. The van der Waals surface area contributed by atoms with Crippen molar-refractivity contribution in [3.63, 3.8) is 0 Å². The lowest BCUT2D eigenvalue weighted by atomic mass is 9.96. The summed E-state index contributed by atoms with van der Waals surface area (Å²) in [5.74, 6) is 0. The van der Waals surface area contributed by atoms with Crippen LogP contribution in [0.2, 0.25) is 0 Å². The van der Waals surface area contributed by atoms with E-state index < -0.39 is 22.2 Å². The molecule has 0 saturated heterocycles. The summed E-state index contributed by atoms with van der Waals surface area (Å²) in [6.07, 6.45) is 0. The molecule has 0 aliphatic carbocycles. The second-order valence-electron chi connectivity index (χ2n) is 3.40. The molecule has 0 saturated carbocycles. The lowest BCUT2D eigenvalue weighted by molar-refractivity contribution is -0.790. The molecule has 0 bridgehead atoms. The maximum absolute atomic E-state index is 10.5. The maximum Gasteiger partial charge on any atom is 0.295 e. The van der Waals surface area contributed by atoms with E-state index in [-0.39, 0.29) is 0 Å². The first-order chi connectivity index (χ1) is 7.44. The average molecular weight is 226 g/mol. The molecule has 0 N–H and O–H groups in total. The molecule has 0 spiro atoms. The fourth-order valence-electron chi connectivity index (χ4n) is 1.37. The van der Waals surface area contributed by atoms with Crippen LogP contribution in [0.5, 0.6) is 0 Å². The monoisotopic (exact) mass is 226 g/mol. The van der Waals surface area contributed by atoms with Crippen LogP contribution in [0.1, 0.15) is 12.5 Å². The molecule has 0 aromatic heterocycles. The second-order valence-corrected chi connectivity index (χ2v) is 3.40. The Bertz CT molecular complexity index is 376. The molecule has 7 heteroatoms. The molecule has 7 nitrogen and oxygen atoms in total. The molecule has 0 heterocycles. The molecule has 0 fully saturated rings. The van der Waals surface area contributed by atoms with E-state index in [1.54, 1.807) is 30.3 Å². The van der Waals surface area contributed by atoms with E-state index in [9.17, 15) is 20.2 Å². The van der Waals surface area contributed by atoms with Crippen LogP contribution in [0.3, 0.4) is 0 Å². The molecule has 0 radical (unpaired) electrons. The lowest BCUT2D eigenvalue weighted by Gasteiger charge is -2.22. The fraction of sp³-hybridized carbons (Fsp3) is 0.333. The van der Waals surface area contributed by atoms with Gasteiger partial charge in [-0.1, -0.05) is 30.3 Å². The van der Waals surface area contributed by atoms with Crippen molar-refractivity contribution in [3.05, 3.63) is 56.1 Å². The highest BCUT2D eigenvalue weighted by Gasteiger charge is 2.36. The van der Waals surface area contributed by atoms with Crippen LogP contribution in [0.25, 0.3) is 0 Å². The molecule has 16 heavy (non-hydrogen) atoms.